The predicted molar refractivity (Wildman–Crippen MR) is 65.6 cm³/mol. The summed E-state index contributed by atoms with van der Waals surface area (Å²) in [5.41, 5.74) is 0.864. The van der Waals surface area contributed by atoms with Gasteiger partial charge in [-0.05, 0) is 39.2 Å². The van der Waals surface area contributed by atoms with Crippen molar-refractivity contribution < 1.29 is 9.53 Å². The minimum absolute atomic E-state index is 0.00569. The van der Waals surface area contributed by atoms with Crippen LogP contribution in [0.1, 0.15) is 39.2 Å². The number of ether oxygens (including phenoxy) is 1. The van der Waals surface area contributed by atoms with Crippen LogP contribution < -0.4 is 0 Å². The fraction of sp³-hybridized carbons (Fsp3) is 0.533. The Hall–Kier alpha value is -1.31. The highest BCUT2D eigenvalue weighted by Gasteiger charge is 2.88. The van der Waals surface area contributed by atoms with E-state index in [4.69, 9.17) is 4.74 Å². The zero-order chi connectivity index (χ0) is 12.3. The van der Waals surface area contributed by atoms with E-state index < -0.39 is 0 Å². The van der Waals surface area contributed by atoms with Crippen molar-refractivity contribution in [3.05, 3.63) is 35.9 Å². The van der Waals surface area contributed by atoms with Crippen molar-refractivity contribution in [1.29, 1.82) is 0 Å². The molecule has 0 heterocycles. The van der Waals surface area contributed by atoms with E-state index >= 15 is 0 Å². The van der Waals surface area contributed by atoms with Gasteiger partial charge in [0, 0.05) is 5.41 Å². The number of benzene rings is 1. The number of hydrogen-bond donors (Lipinski definition) is 0. The standard InChI is InChI=1S/C15H18O2/c1-13(2,3)17-12(16)15-9-14(15,10-15)11-7-5-4-6-8-11/h4-8H,9-10H2,1-3H3. The summed E-state index contributed by atoms with van der Waals surface area (Å²) >= 11 is 0. The minimum Gasteiger partial charge on any atom is -0.460 e. The maximum absolute atomic E-state index is 12.1. The summed E-state index contributed by atoms with van der Waals surface area (Å²) in [4.78, 5) is 12.1. The molecule has 0 unspecified atom stereocenters. The normalized spacial score (nSPS) is 33.8. The molecule has 2 fully saturated rings. The van der Waals surface area contributed by atoms with Crippen molar-refractivity contribution in [2.75, 3.05) is 0 Å². The number of hydrogen-bond acceptors (Lipinski definition) is 2. The van der Waals surface area contributed by atoms with Crippen LogP contribution in [0.5, 0.6) is 0 Å². The van der Waals surface area contributed by atoms with E-state index in [9.17, 15) is 4.79 Å². The van der Waals surface area contributed by atoms with E-state index in [2.05, 4.69) is 12.1 Å². The topological polar surface area (TPSA) is 26.3 Å². The first kappa shape index (κ1) is 10.8. The van der Waals surface area contributed by atoms with Gasteiger partial charge < -0.3 is 4.74 Å². The lowest BCUT2D eigenvalue weighted by atomic mass is 10.0. The summed E-state index contributed by atoms with van der Waals surface area (Å²) in [7, 11) is 0. The van der Waals surface area contributed by atoms with Crippen LogP contribution in [0.25, 0.3) is 0 Å². The Morgan fingerprint density at radius 2 is 1.76 bits per heavy atom. The van der Waals surface area contributed by atoms with E-state index in [1.807, 2.05) is 39.0 Å². The molecule has 0 saturated heterocycles. The van der Waals surface area contributed by atoms with Crippen molar-refractivity contribution in [3.63, 3.8) is 0 Å². The van der Waals surface area contributed by atoms with Gasteiger partial charge in [0.2, 0.25) is 0 Å². The van der Waals surface area contributed by atoms with Gasteiger partial charge in [0.05, 0.1) is 5.41 Å². The van der Waals surface area contributed by atoms with Crippen molar-refractivity contribution in [2.24, 2.45) is 5.41 Å². The Morgan fingerprint density at radius 1 is 1.18 bits per heavy atom. The quantitative estimate of drug-likeness (QED) is 0.730. The van der Waals surface area contributed by atoms with Crippen molar-refractivity contribution in [3.8, 4) is 0 Å². The van der Waals surface area contributed by atoms with Gasteiger partial charge in [-0.15, -0.1) is 0 Å². The number of fused-ring (bicyclic) bond motifs is 1. The fourth-order valence-electron chi connectivity index (χ4n) is 2.84. The first-order valence-corrected chi connectivity index (χ1v) is 6.19. The molecule has 2 aliphatic rings. The lowest BCUT2D eigenvalue weighted by molar-refractivity contribution is -0.159. The second-order valence-corrected chi connectivity index (χ2v) is 6.39. The summed E-state index contributed by atoms with van der Waals surface area (Å²) in [6.07, 6.45) is 1.94. The number of carbonyl (C=O) groups excluding carboxylic acids is 1. The molecule has 0 aromatic heterocycles. The number of carbonyl (C=O) groups is 1. The molecule has 2 aliphatic carbocycles. The summed E-state index contributed by atoms with van der Waals surface area (Å²) in [6.45, 7) is 5.78. The Kier molecular flexibility index (Phi) is 1.86. The van der Waals surface area contributed by atoms with Crippen molar-refractivity contribution in [1.82, 2.24) is 0 Å². The highest BCUT2D eigenvalue weighted by molar-refractivity contribution is 5.91. The maximum atomic E-state index is 12.1. The highest BCUT2D eigenvalue weighted by atomic mass is 16.6. The monoisotopic (exact) mass is 230 g/mol. The highest BCUT2D eigenvalue weighted by Crippen LogP contribution is 2.86. The Labute approximate surface area is 102 Å². The molecule has 0 aliphatic heterocycles. The van der Waals surface area contributed by atoms with Gasteiger partial charge in [0.25, 0.3) is 0 Å². The molecule has 0 radical (unpaired) electrons. The largest absolute Gasteiger partial charge is 0.460 e. The first-order chi connectivity index (χ1) is 7.90. The maximum Gasteiger partial charge on any atom is 0.313 e. The van der Waals surface area contributed by atoms with E-state index in [1.165, 1.54) is 5.56 Å². The zero-order valence-corrected chi connectivity index (χ0v) is 10.6. The Bertz CT molecular complexity index is 461. The molecule has 3 rings (SSSR count). The van der Waals surface area contributed by atoms with E-state index in [0.717, 1.165) is 12.8 Å². The second kappa shape index (κ2) is 2.92. The molecular formula is C15H18O2. The lowest BCUT2D eigenvalue weighted by Gasteiger charge is -2.20. The van der Waals surface area contributed by atoms with Gasteiger partial charge in [-0.2, -0.15) is 0 Å². The fourth-order valence-corrected chi connectivity index (χ4v) is 2.84. The number of esters is 1. The van der Waals surface area contributed by atoms with Crippen LogP contribution in [0.2, 0.25) is 0 Å². The zero-order valence-electron chi connectivity index (χ0n) is 10.6. The Balaban J connectivity index is 1.77. The van der Waals surface area contributed by atoms with Crippen LogP contribution in [-0.4, -0.2) is 11.6 Å². The summed E-state index contributed by atoms with van der Waals surface area (Å²) < 4.78 is 5.51. The molecule has 17 heavy (non-hydrogen) atoms. The average molecular weight is 230 g/mol. The third kappa shape index (κ3) is 1.43. The van der Waals surface area contributed by atoms with Crippen molar-refractivity contribution in [2.45, 2.75) is 44.6 Å². The molecule has 2 nitrogen and oxygen atoms in total. The molecular weight excluding hydrogens is 212 g/mol. The van der Waals surface area contributed by atoms with Gasteiger partial charge in [-0.3, -0.25) is 4.79 Å². The smallest absolute Gasteiger partial charge is 0.313 e. The summed E-state index contributed by atoms with van der Waals surface area (Å²) in [5.74, 6) is -0.00569. The second-order valence-electron chi connectivity index (χ2n) is 6.39. The van der Waals surface area contributed by atoms with E-state index in [0.29, 0.717) is 0 Å². The summed E-state index contributed by atoms with van der Waals surface area (Å²) in [6, 6.07) is 10.3. The third-order valence-corrected chi connectivity index (χ3v) is 3.99. The van der Waals surface area contributed by atoms with Crippen LogP contribution in [-0.2, 0) is 14.9 Å². The molecule has 0 atom stereocenters. The Morgan fingerprint density at radius 3 is 2.29 bits per heavy atom. The molecule has 2 heteroatoms. The predicted octanol–water partition coefficient (Wildman–Crippen LogP) is 3.06. The molecule has 2 saturated carbocycles. The van der Waals surface area contributed by atoms with Crippen LogP contribution in [0, 0.1) is 5.41 Å². The van der Waals surface area contributed by atoms with Crippen molar-refractivity contribution >= 4 is 5.97 Å². The molecule has 1 aromatic carbocycles. The molecule has 1 aromatic rings. The van der Waals surface area contributed by atoms with Crippen LogP contribution >= 0.6 is 0 Å². The van der Waals surface area contributed by atoms with Crippen LogP contribution in [0.4, 0.5) is 0 Å². The minimum atomic E-state index is -0.376. The van der Waals surface area contributed by atoms with Gasteiger partial charge in [-0.25, -0.2) is 0 Å². The van der Waals surface area contributed by atoms with Crippen LogP contribution in [0.15, 0.2) is 30.3 Å². The third-order valence-electron chi connectivity index (χ3n) is 3.99. The SMILES string of the molecule is CC(C)(C)OC(=O)C12CC1(c1ccccc1)C2. The molecule has 0 bridgehead atoms. The van der Waals surface area contributed by atoms with E-state index in [-0.39, 0.29) is 22.4 Å². The first-order valence-electron chi connectivity index (χ1n) is 6.19. The van der Waals surface area contributed by atoms with Crippen LogP contribution in [0.3, 0.4) is 0 Å². The van der Waals surface area contributed by atoms with Gasteiger partial charge in [0.15, 0.2) is 0 Å². The van der Waals surface area contributed by atoms with Gasteiger partial charge >= 0.3 is 5.97 Å². The molecule has 90 valence electrons. The molecule has 0 spiro atoms. The van der Waals surface area contributed by atoms with Gasteiger partial charge in [0.1, 0.15) is 5.60 Å². The van der Waals surface area contributed by atoms with E-state index in [1.54, 1.807) is 0 Å². The lowest BCUT2D eigenvalue weighted by Crippen LogP contribution is -2.26. The average Bonchev–Trinajstić information content (AvgIpc) is 3.01. The number of rotatable bonds is 2. The summed E-state index contributed by atoms with van der Waals surface area (Å²) in [5, 5.41) is 0. The molecule has 0 amide bonds. The van der Waals surface area contributed by atoms with Gasteiger partial charge in [-0.1, -0.05) is 30.3 Å². The molecule has 0 N–H and O–H groups in total.